The van der Waals surface area contributed by atoms with Gasteiger partial charge in [0.2, 0.25) is 8.32 Å². The van der Waals surface area contributed by atoms with Crippen molar-refractivity contribution in [2.75, 3.05) is 0 Å². The molecule has 22 heavy (non-hydrogen) atoms. The van der Waals surface area contributed by atoms with Crippen LogP contribution in [0.4, 0.5) is 0 Å². The molecule has 1 aromatic carbocycles. The molecule has 0 bridgehead atoms. The van der Waals surface area contributed by atoms with Gasteiger partial charge in [-0.15, -0.1) is 0 Å². The third kappa shape index (κ3) is 6.98. The number of hydrogen-bond donors (Lipinski definition) is 1. The highest BCUT2D eigenvalue weighted by Gasteiger charge is 2.39. The van der Waals surface area contributed by atoms with Gasteiger partial charge in [0.1, 0.15) is 17.2 Å². The number of aromatic hydroxyl groups is 1. The van der Waals surface area contributed by atoms with E-state index in [-0.39, 0.29) is 11.5 Å². The Morgan fingerprint density at radius 3 is 2.09 bits per heavy atom. The Kier molecular flexibility index (Phi) is 7.16. The van der Waals surface area contributed by atoms with Crippen LogP contribution in [0, 0.1) is 0 Å². The number of rotatable bonds is 9. The molecule has 1 unspecified atom stereocenters. The molecule has 0 fully saturated rings. The van der Waals surface area contributed by atoms with Crippen LogP contribution in [0.1, 0.15) is 32.6 Å². The van der Waals surface area contributed by atoms with Crippen molar-refractivity contribution in [3.8, 4) is 11.5 Å². The van der Waals surface area contributed by atoms with Crippen molar-refractivity contribution in [2.24, 2.45) is 0 Å². The zero-order valence-corrected chi connectivity index (χ0v) is 17.0. The molecule has 0 radical (unpaired) electrons. The lowest BCUT2D eigenvalue weighted by molar-refractivity contribution is 0.233. The minimum absolute atomic E-state index is 0.148. The van der Waals surface area contributed by atoms with Gasteiger partial charge in [0.25, 0.3) is 0 Å². The maximum atomic E-state index is 9.41. The summed E-state index contributed by atoms with van der Waals surface area (Å²) in [5, 5.41) is 9.41. The third-order valence-electron chi connectivity index (χ3n) is 3.53. The molecule has 0 spiro atoms. The maximum absolute atomic E-state index is 9.41. The second-order valence-electron chi connectivity index (χ2n) is 7.41. The predicted molar refractivity (Wildman–Crippen MR) is 98.6 cm³/mol. The number of benzene rings is 1. The minimum Gasteiger partial charge on any atom is -0.508 e. The van der Waals surface area contributed by atoms with Crippen molar-refractivity contribution in [1.29, 1.82) is 0 Å². The standard InChI is InChI=1S/C17H32O3Si2/c1-7-8-9-10-17(22(5,6)20-21(2,3)4)19-16-13-11-15(18)12-14-16/h11-14,17-18H,7-10H2,1-6H3. The Morgan fingerprint density at radius 2 is 1.59 bits per heavy atom. The van der Waals surface area contributed by atoms with E-state index in [4.69, 9.17) is 8.85 Å². The molecule has 5 heteroatoms. The van der Waals surface area contributed by atoms with Gasteiger partial charge in [-0.05, 0) is 63.4 Å². The second-order valence-corrected chi connectivity index (χ2v) is 16.3. The fraction of sp³-hybridized carbons (Fsp3) is 0.647. The van der Waals surface area contributed by atoms with Crippen LogP contribution < -0.4 is 4.74 Å². The molecule has 0 saturated heterocycles. The van der Waals surface area contributed by atoms with E-state index in [1.54, 1.807) is 12.1 Å². The highest BCUT2D eigenvalue weighted by atomic mass is 28.4. The molecule has 0 aliphatic heterocycles. The maximum Gasteiger partial charge on any atom is 0.216 e. The van der Waals surface area contributed by atoms with Crippen molar-refractivity contribution in [3.05, 3.63) is 24.3 Å². The van der Waals surface area contributed by atoms with Gasteiger partial charge in [-0.3, -0.25) is 0 Å². The zero-order chi connectivity index (χ0) is 16.8. The zero-order valence-electron chi connectivity index (χ0n) is 15.0. The molecular formula is C17H32O3Si2. The van der Waals surface area contributed by atoms with Gasteiger partial charge in [0.15, 0.2) is 8.32 Å². The van der Waals surface area contributed by atoms with E-state index in [1.807, 2.05) is 12.1 Å². The van der Waals surface area contributed by atoms with Crippen LogP contribution in [-0.2, 0) is 4.12 Å². The first-order valence-corrected chi connectivity index (χ1v) is 14.7. The summed E-state index contributed by atoms with van der Waals surface area (Å²) in [6.45, 7) is 13.5. The molecule has 0 amide bonds. The van der Waals surface area contributed by atoms with E-state index in [2.05, 4.69) is 39.7 Å². The van der Waals surface area contributed by atoms with E-state index in [0.717, 1.165) is 12.2 Å². The summed E-state index contributed by atoms with van der Waals surface area (Å²) in [6.07, 6.45) is 4.65. The molecule has 0 aliphatic rings. The summed E-state index contributed by atoms with van der Waals surface area (Å²) in [7, 11) is -3.52. The fourth-order valence-corrected chi connectivity index (χ4v) is 10.8. The van der Waals surface area contributed by atoms with Crippen molar-refractivity contribution in [2.45, 2.75) is 71.1 Å². The topological polar surface area (TPSA) is 38.7 Å². The van der Waals surface area contributed by atoms with Crippen molar-refractivity contribution < 1.29 is 14.0 Å². The number of phenols is 1. The number of phenolic OH excluding ortho intramolecular Hbond substituents is 1. The Balaban J connectivity index is 2.84. The number of hydrogen-bond acceptors (Lipinski definition) is 3. The molecule has 0 heterocycles. The van der Waals surface area contributed by atoms with Crippen molar-refractivity contribution in [1.82, 2.24) is 0 Å². The average molecular weight is 341 g/mol. The first-order valence-electron chi connectivity index (χ1n) is 8.30. The Hall–Kier alpha value is -0.786. The van der Waals surface area contributed by atoms with Crippen LogP contribution in [0.25, 0.3) is 0 Å². The van der Waals surface area contributed by atoms with Gasteiger partial charge in [0.05, 0.1) is 0 Å². The van der Waals surface area contributed by atoms with Gasteiger partial charge in [-0.25, -0.2) is 0 Å². The predicted octanol–water partition coefficient (Wildman–Crippen LogP) is 5.32. The SMILES string of the molecule is CCCCCC(Oc1ccc(O)cc1)[Si](C)(C)O[Si](C)(C)C. The van der Waals surface area contributed by atoms with Gasteiger partial charge in [-0.2, -0.15) is 0 Å². The molecular weight excluding hydrogens is 308 g/mol. The Morgan fingerprint density at radius 1 is 1.00 bits per heavy atom. The monoisotopic (exact) mass is 340 g/mol. The van der Waals surface area contributed by atoms with Crippen molar-refractivity contribution >= 4 is 16.6 Å². The lowest BCUT2D eigenvalue weighted by Crippen LogP contribution is -2.53. The quantitative estimate of drug-likeness (QED) is 0.488. The third-order valence-corrected chi connectivity index (χ3v) is 10.0. The Bertz CT molecular complexity index is 438. The summed E-state index contributed by atoms with van der Waals surface area (Å²) in [6, 6.07) is 7.01. The molecule has 1 N–H and O–H groups in total. The summed E-state index contributed by atoms with van der Waals surface area (Å²) >= 11 is 0. The smallest absolute Gasteiger partial charge is 0.216 e. The second kappa shape index (κ2) is 8.17. The van der Waals surface area contributed by atoms with Crippen LogP contribution in [0.2, 0.25) is 32.7 Å². The van der Waals surface area contributed by atoms with Crippen LogP contribution in [-0.4, -0.2) is 27.5 Å². The van der Waals surface area contributed by atoms with Gasteiger partial charge < -0.3 is 14.0 Å². The lowest BCUT2D eigenvalue weighted by atomic mass is 10.2. The van der Waals surface area contributed by atoms with Gasteiger partial charge in [0, 0.05) is 0 Å². The van der Waals surface area contributed by atoms with E-state index in [9.17, 15) is 5.11 Å². The molecule has 126 valence electrons. The molecule has 1 atom stereocenters. The molecule has 0 saturated carbocycles. The van der Waals surface area contributed by atoms with E-state index < -0.39 is 16.6 Å². The Labute approximate surface area is 137 Å². The summed E-state index contributed by atoms with van der Waals surface area (Å²) in [5.74, 6) is 1.09. The number of unbranched alkanes of at least 4 members (excludes halogenated alkanes) is 2. The van der Waals surface area contributed by atoms with Crippen LogP contribution >= 0.6 is 0 Å². The highest BCUT2D eigenvalue weighted by Crippen LogP contribution is 2.26. The highest BCUT2D eigenvalue weighted by molar-refractivity contribution is 6.84. The fourth-order valence-electron chi connectivity index (χ4n) is 2.67. The van der Waals surface area contributed by atoms with Crippen molar-refractivity contribution in [3.63, 3.8) is 0 Å². The molecule has 0 aromatic heterocycles. The molecule has 1 aromatic rings. The molecule has 1 rings (SSSR count). The summed E-state index contributed by atoms with van der Waals surface area (Å²) in [4.78, 5) is 0. The van der Waals surface area contributed by atoms with E-state index in [1.165, 1.54) is 19.3 Å². The summed E-state index contributed by atoms with van der Waals surface area (Å²) in [5.41, 5.74) is 0.148. The number of ether oxygens (including phenoxy) is 1. The van der Waals surface area contributed by atoms with E-state index >= 15 is 0 Å². The van der Waals surface area contributed by atoms with Crippen LogP contribution in [0.3, 0.4) is 0 Å². The first-order chi connectivity index (χ1) is 10.1. The summed E-state index contributed by atoms with van der Waals surface area (Å²) < 4.78 is 12.8. The molecule has 0 aliphatic carbocycles. The largest absolute Gasteiger partial charge is 0.508 e. The lowest BCUT2D eigenvalue weighted by Gasteiger charge is -2.37. The van der Waals surface area contributed by atoms with Crippen LogP contribution in [0.15, 0.2) is 24.3 Å². The van der Waals surface area contributed by atoms with Crippen LogP contribution in [0.5, 0.6) is 11.5 Å². The van der Waals surface area contributed by atoms with E-state index in [0.29, 0.717) is 0 Å². The van der Waals surface area contributed by atoms with Gasteiger partial charge in [-0.1, -0.05) is 26.2 Å². The molecule has 3 nitrogen and oxygen atoms in total. The average Bonchev–Trinajstić information content (AvgIpc) is 2.37. The van der Waals surface area contributed by atoms with Gasteiger partial charge >= 0.3 is 0 Å². The minimum atomic E-state index is -1.94. The normalized spacial score (nSPS) is 13.9. The first kappa shape index (κ1) is 19.3.